The zero-order chi connectivity index (χ0) is 17.5. The minimum atomic E-state index is -1.61. The van der Waals surface area contributed by atoms with Crippen molar-refractivity contribution in [1.29, 1.82) is 0 Å². The van der Waals surface area contributed by atoms with Gasteiger partial charge in [0.15, 0.2) is 11.1 Å². The molecule has 1 aromatic carbocycles. The topological polar surface area (TPSA) is 75.6 Å². The Morgan fingerprint density at radius 1 is 1.38 bits per heavy atom. The molecule has 1 amide bonds. The lowest BCUT2D eigenvalue weighted by molar-refractivity contribution is -0.116. The van der Waals surface area contributed by atoms with Crippen LogP contribution >= 0.6 is 11.6 Å². The van der Waals surface area contributed by atoms with Crippen LogP contribution in [0.15, 0.2) is 28.9 Å². The van der Waals surface area contributed by atoms with Gasteiger partial charge in [0, 0.05) is 5.56 Å². The molecule has 7 heteroatoms. The molecule has 3 rings (SSSR count). The van der Waals surface area contributed by atoms with E-state index in [4.69, 9.17) is 15.8 Å². The average molecular weight is 370 g/mol. The van der Waals surface area contributed by atoms with Crippen molar-refractivity contribution in [3.63, 3.8) is 0 Å². The van der Waals surface area contributed by atoms with Crippen LogP contribution in [0.5, 0.6) is 0 Å². The normalized spacial score (nSPS) is 28.3. The first kappa shape index (κ1) is 17.5. The molecule has 130 valence electrons. The number of benzene rings is 1. The van der Waals surface area contributed by atoms with E-state index in [1.807, 2.05) is 0 Å². The average Bonchev–Trinajstić information content (AvgIpc) is 2.80. The van der Waals surface area contributed by atoms with Crippen LogP contribution in [0.25, 0.3) is 5.57 Å². The van der Waals surface area contributed by atoms with Crippen molar-refractivity contribution in [1.82, 2.24) is 5.32 Å². The molecule has 2 N–H and O–H groups in total. The highest BCUT2D eigenvalue weighted by Gasteiger charge is 2.47. The van der Waals surface area contributed by atoms with Crippen LogP contribution in [0.2, 0.25) is 5.02 Å². The first-order valence-electron chi connectivity index (χ1n) is 7.90. The fraction of sp³-hybridized carbons (Fsp3) is 0.471. The summed E-state index contributed by atoms with van der Waals surface area (Å²) in [5.74, 6) is 0.350. The van der Waals surface area contributed by atoms with Gasteiger partial charge >= 0.3 is 0 Å². The van der Waals surface area contributed by atoms with Gasteiger partial charge in [0.2, 0.25) is 0 Å². The SMILES string of the molecule is COS(=O)c1ccc(C2=C(O)C3(CCC(C)CC3)NC2=O)c(Cl)c1. The van der Waals surface area contributed by atoms with E-state index in [1.165, 1.54) is 13.2 Å². The standard InChI is InChI=1S/C17H20ClNO4S/c1-10-5-7-17(8-6-10)15(20)14(16(21)19-17)12-4-3-11(9-13(12)18)24(22)23-2/h3-4,9-10,20H,5-8H2,1-2H3,(H,19,21). The van der Waals surface area contributed by atoms with E-state index in [0.29, 0.717) is 16.4 Å². The number of carbonyl (C=O) groups is 1. The molecule has 24 heavy (non-hydrogen) atoms. The van der Waals surface area contributed by atoms with Gasteiger partial charge in [-0.2, -0.15) is 0 Å². The first-order chi connectivity index (χ1) is 11.4. The van der Waals surface area contributed by atoms with Crippen LogP contribution < -0.4 is 5.32 Å². The fourth-order valence-corrected chi connectivity index (χ4v) is 4.38. The molecule has 1 spiro atoms. The monoisotopic (exact) mass is 369 g/mol. The van der Waals surface area contributed by atoms with Crippen LogP contribution in [0.4, 0.5) is 0 Å². The molecule has 1 aliphatic heterocycles. The maximum Gasteiger partial charge on any atom is 0.256 e. The van der Waals surface area contributed by atoms with Gasteiger partial charge in [-0.25, -0.2) is 4.21 Å². The van der Waals surface area contributed by atoms with Gasteiger partial charge in [-0.1, -0.05) is 24.6 Å². The van der Waals surface area contributed by atoms with Crippen LogP contribution in [0.3, 0.4) is 0 Å². The molecule has 0 saturated heterocycles. The molecule has 1 fully saturated rings. The minimum Gasteiger partial charge on any atom is -0.509 e. The zero-order valence-electron chi connectivity index (χ0n) is 13.6. The molecule has 1 aliphatic carbocycles. The summed E-state index contributed by atoms with van der Waals surface area (Å²) in [6.07, 6.45) is 3.35. The van der Waals surface area contributed by atoms with Gasteiger partial charge in [0.05, 0.1) is 28.1 Å². The highest BCUT2D eigenvalue weighted by molar-refractivity contribution is 7.80. The number of aliphatic hydroxyl groups is 1. The van der Waals surface area contributed by atoms with E-state index in [2.05, 4.69) is 12.2 Å². The summed E-state index contributed by atoms with van der Waals surface area (Å²) in [4.78, 5) is 12.9. The molecule has 1 atom stereocenters. The predicted octanol–water partition coefficient (Wildman–Crippen LogP) is 3.36. The third-order valence-corrected chi connectivity index (χ3v) is 6.21. The Hall–Kier alpha value is -1.37. The van der Waals surface area contributed by atoms with E-state index in [1.54, 1.807) is 12.1 Å². The molecule has 0 aromatic heterocycles. The Morgan fingerprint density at radius 3 is 2.62 bits per heavy atom. The van der Waals surface area contributed by atoms with E-state index in [-0.39, 0.29) is 22.3 Å². The minimum absolute atomic E-state index is 0.0712. The van der Waals surface area contributed by atoms with Crippen LogP contribution in [0.1, 0.15) is 38.2 Å². The Kier molecular flexibility index (Phi) is 4.73. The molecule has 0 radical (unpaired) electrons. The highest BCUT2D eigenvalue weighted by Crippen LogP contribution is 2.43. The fourth-order valence-electron chi connectivity index (χ4n) is 3.45. The largest absolute Gasteiger partial charge is 0.509 e. The second-order valence-corrected chi connectivity index (χ2v) is 8.17. The second-order valence-electron chi connectivity index (χ2n) is 6.49. The van der Waals surface area contributed by atoms with Crippen molar-refractivity contribution in [3.8, 4) is 0 Å². The Labute approximate surface area is 148 Å². The molecule has 1 unspecified atom stereocenters. The first-order valence-corrected chi connectivity index (χ1v) is 9.35. The molecule has 2 aliphatic rings. The summed E-state index contributed by atoms with van der Waals surface area (Å²) in [6.45, 7) is 2.18. The molecule has 1 aromatic rings. The zero-order valence-corrected chi connectivity index (χ0v) is 15.2. The van der Waals surface area contributed by atoms with Crippen molar-refractivity contribution < 1.29 is 18.3 Å². The van der Waals surface area contributed by atoms with Gasteiger partial charge in [-0.15, -0.1) is 0 Å². The summed E-state index contributed by atoms with van der Waals surface area (Å²) in [5.41, 5.74) is -0.0145. The summed E-state index contributed by atoms with van der Waals surface area (Å²) in [7, 11) is 1.34. The van der Waals surface area contributed by atoms with Crippen molar-refractivity contribution in [2.75, 3.05) is 7.11 Å². The predicted molar refractivity (Wildman–Crippen MR) is 92.9 cm³/mol. The molecule has 0 bridgehead atoms. The quantitative estimate of drug-likeness (QED) is 0.856. The molecule has 1 heterocycles. The number of hydrogen-bond acceptors (Lipinski definition) is 4. The molecule has 5 nitrogen and oxygen atoms in total. The summed E-state index contributed by atoms with van der Waals surface area (Å²) < 4.78 is 16.5. The number of nitrogens with one attached hydrogen (secondary N) is 1. The number of halogens is 1. The van der Waals surface area contributed by atoms with Gasteiger partial charge in [-0.05, 0) is 43.7 Å². The maximum atomic E-state index is 12.5. The van der Waals surface area contributed by atoms with Gasteiger partial charge in [0.1, 0.15) is 5.76 Å². The van der Waals surface area contributed by atoms with Gasteiger partial charge < -0.3 is 10.4 Å². The molecular formula is C17H20ClNO4S. The third kappa shape index (κ3) is 2.87. The lowest BCUT2D eigenvalue weighted by atomic mass is 9.76. The van der Waals surface area contributed by atoms with E-state index < -0.39 is 16.6 Å². The second kappa shape index (κ2) is 6.50. The van der Waals surface area contributed by atoms with Crippen LogP contribution in [-0.2, 0) is 20.1 Å². The van der Waals surface area contributed by atoms with Gasteiger partial charge in [0.25, 0.3) is 5.91 Å². The molecular weight excluding hydrogens is 350 g/mol. The number of aliphatic hydroxyl groups excluding tert-OH is 1. The lowest BCUT2D eigenvalue weighted by Crippen LogP contribution is -2.47. The van der Waals surface area contributed by atoms with E-state index in [9.17, 15) is 14.1 Å². The number of carbonyl (C=O) groups excluding carboxylic acids is 1. The number of rotatable bonds is 3. The lowest BCUT2D eigenvalue weighted by Gasteiger charge is -2.36. The highest BCUT2D eigenvalue weighted by atomic mass is 35.5. The van der Waals surface area contributed by atoms with E-state index >= 15 is 0 Å². The van der Waals surface area contributed by atoms with Crippen LogP contribution in [0, 0.1) is 5.92 Å². The number of amides is 1. The van der Waals surface area contributed by atoms with Gasteiger partial charge in [-0.3, -0.25) is 8.98 Å². The van der Waals surface area contributed by atoms with E-state index in [0.717, 1.165) is 25.7 Å². The molecule has 1 saturated carbocycles. The Balaban J connectivity index is 2.00. The summed E-state index contributed by atoms with van der Waals surface area (Å²) >= 11 is 4.67. The number of hydrogen-bond donors (Lipinski definition) is 2. The Bertz CT molecular complexity index is 738. The third-order valence-electron chi connectivity index (χ3n) is 4.95. The van der Waals surface area contributed by atoms with Crippen molar-refractivity contribution in [2.45, 2.75) is 43.0 Å². The smallest absolute Gasteiger partial charge is 0.256 e. The van der Waals surface area contributed by atoms with Crippen molar-refractivity contribution in [2.24, 2.45) is 5.92 Å². The van der Waals surface area contributed by atoms with Crippen molar-refractivity contribution >= 4 is 34.2 Å². The Morgan fingerprint density at radius 2 is 2.04 bits per heavy atom. The van der Waals surface area contributed by atoms with Crippen molar-refractivity contribution in [3.05, 3.63) is 34.5 Å². The summed E-state index contributed by atoms with van der Waals surface area (Å²) in [6, 6.07) is 4.69. The summed E-state index contributed by atoms with van der Waals surface area (Å²) in [5, 5.41) is 14.0. The maximum absolute atomic E-state index is 12.5. The van der Waals surface area contributed by atoms with Crippen LogP contribution in [-0.4, -0.2) is 27.9 Å².